The van der Waals surface area contributed by atoms with Crippen molar-refractivity contribution in [2.24, 2.45) is 10.9 Å². The second kappa shape index (κ2) is 11.9. The summed E-state index contributed by atoms with van der Waals surface area (Å²) in [6, 6.07) is 8.10. The second-order valence-corrected chi connectivity index (χ2v) is 6.44. The molecular formula is C19H30IN5O. The van der Waals surface area contributed by atoms with Crippen molar-refractivity contribution in [1.82, 2.24) is 20.8 Å². The average molecular weight is 471 g/mol. The van der Waals surface area contributed by atoms with Crippen LogP contribution in [-0.4, -0.2) is 29.2 Å². The molecule has 6 nitrogen and oxygen atoms in total. The van der Waals surface area contributed by atoms with Gasteiger partial charge in [0.25, 0.3) is 5.89 Å². The van der Waals surface area contributed by atoms with Gasteiger partial charge in [-0.2, -0.15) is 4.98 Å². The summed E-state index contributed by atoms with van der Waals surface area (Å²) in [6.07, 6.45) is 1.84. The fraction of sp³-hybridized carbons (Fsp3) is 0.526. The summed E-state index contributed by atoms with van der Waals surface area (Å²) in [7, 11) is 0. The molecule has 0 atom stereocenters. The Morgan fingerprint density at radius 2 is 2.04 bits per heavy atom. The highest BCUT2D eigenvalue weighted by molar-refractivity contribution is 14.0. The van der Waals surface area contributed by atoms with Crippen LogP contribution in [0.5, 0.6) is 0 Å². The summed E-state index contributed by atoms with van der Waals surface area (Å²) in [5.41, 5.74) is 2.04. The first-order valence-electron chi connectivity index (χ1n) is 9.06. The van der Waals surface area contributed by atoms with Gasteiger partial charge in [-0.05, 0) is 37.0 Å². The minimum absolute atomic E-state index is 0. The van der Waals surface area contributed by atoms with Crippen molar-refractivity contribution in [2.45, 2.75) is 47.1 Å². The van der Waals surface area contributed by atoms with Crippen LogP contribution < -0.4 is 10.6 Å². The zero-order valence-electron chi connectivity index (χ0n) is 16.1. The van der Waals surface area contributed by atoms with E-state index in [0.29, 0.717) is 18.4 Å². The molecule has 1 aromatic carbocycles. The third kappa shape index (κ3) is 7.31. The van der Waals surface area contributed by atoms with Gasteiger partial charge in [-0.25, -0.2) is 4.99 Å². The molecule has 0 spiro atoms. The van der Waals surface area contributed by atoms with Crippen LogP contribution >= 0.6 is 24.0 Å². The molecule has 0 unspecified atom stereocenters. The van der Waals surface area contributed by atoms with Crippen LogP contribution in [0, 0.1) is 5.92 Å². The van der Waals surface area contributed by atoms with Crippen LogP contribution in [-0.2, 0) is 13.0 Å². The number of benzene rings is 1. The molecule has 1 aromatic heterocycles. The number of nitrogens with one attached hydrogen (secondary N) is 2. The van der Waals surface area contributed by atoms with E-state index in [1.165, 1.54) is 0 Å². The first kappa shape index (κ1) is 22.4. The van der Waals surface area contributed by atoms with Crippen LogP contribution in [0.4, 0.5) is 0 Å². The number of aryl methyl sites for hydroxylation is 1. The molecule has 2 N–H and O–H groups in total. The Morgan fingerprint density at radius 1 is 1.23 bits per heavy atom. The minimum Gasteiger partial charge on any atom is -0.357 e. The zero-order valence-corrected chi connectivity index (χ0v) is 18.4. The highest BCUT2D eigenvalue weighted by Crippen LogP contribution is 2.19. The Labute approximate surface area is 173 Å². The quantitative estimate of drug-likeness (QED) is 0.346. The molecule has 0 saturated carbocycles. The fourth-order valence-corrected chi connectivity index (χ4v) is 2.31. The van der Waals surface area contributed by atoms with E-state index in [1.807, 2.05) is 12.1 Å². The molecule has 7 heteroatoms. The molecule has 0 aliphatic carbocycles. The number of nitrogens with zero attached hydrogens (tertiary/aromatic N) is 3. The van der Waals surface area contributed by atoms with Crippen LogP contribution in [0.15, 0.2) is 33.8 Å². The Morgan fingerprint density at radius 3 is 2.73 bits per heavy atom. The van der Waals surface area contributed by atoms with Crippen molar-refractivity contribution in [1.29, 1.82) is 0 Å². The lowest BCUT2D eigenvalue weighted by atomic mass is 10.1. The first-order chi connectivity index (χ1) is 12.1. The lowest BCUT2D eigenvalue weighted by Crippen LogP contribution is -2.39. The Balaban J connectivity index is 0.00000338. The van der Waals surface area contributed by atoms with E-state index in [0.717, 1.165) is 48.8 Å². The third-order valence-corrected chi connectivity index (χ3v) is 3.56. The van der Waals surface area contributed by atoms with Crippen LogP contribution in [0.25, 0.3) is 11.5 Å². The molecule has 2 aromatic rings. The summed E-state index contributed by atoms with van der Waals surface area (Å²) >= 11 is 0. The van der Waals surface area contributed by atoms with Crippen molar-refractivity contribution in [3.05, 3.63) is 35.7 Å². The molecule has 1 heterocycles. The molecule has 0 aliphatic heterocycles. The predicted molar refractivity (Wildman–Crippen MR) is 117 cm³/mol. The second-order valence-electron chi connectivity index (χ2n) is 6.44. The Bertz CT molecular complexity index is 684. The Kier molecular flexibility index (Phi) is 10.2. The maximum atomic E-state index is 5.37. The van der Waals surface area contributed by atoms with E-state index in [2.05, 4.69) is 65.6 Å². The molecule has 0 saturated heterocycles. The number of aromatic nitrogens is 2. The van der Waals surface area contributed by atoms with E-state index in [1.54, 1.807) is 0 Å². The van der Waals surface area contributed by atoms with Crippen LogP contribution in [0.1, 0.15) is 45.5 Å². The number of hydrogen-bond acceptors (Lipinski definition) is 4. The highest BCUT2D eigenvalue weighted by Gasteiger charge is 2.09. The summed E-state index contributed by atoms with van der Waals surface area (Å²) in [5.74, 6) is 2.74. The minimum atomic E-state index is 0. The van der Waals surface area contributed by atoms with E-state index in [-0.39, 0.29) is 24.0 Å². The van der Waals surface area contributed by atoms with Gasteiger partial charge in [-0.15, -0.1) is 24.0 Å². The van der Waals surface area contributed by atoms with E-state index >= 15 is 0 Å². The average Bonchev–Trinajstić information content (AvgIpc) is 3.06. The van der Waals surface area contributed by atoms with Gasteiger partial charge in [-0.1, -0.05) is 38.1 Å². The van der Waals surface area contributed by atoms with Crippen molar-refractivity contribution >= 4 is 29.9 Å². The van der Waals surface area contributed by atoms with Crippen molar-refractivity contribution < 1.29 is 4.52 Å². The number of aliphatic imine (C=N–C) groups is 1. The normalized spacial score (nSPS) is 11.3. The van der Waals surface area contributed by atoms with Gasteiger partial charge in [0.05, 0.1) is 6.54 Å². The summed E-state index contributed by atoms with van der Waals surface area (Å²) in [4.78, 5) is 9.10. The monoisotopic (exact) mass is 471 g/mol. The smallest absolute Gasteiger partial charge is 0.257 e. The van der Waals surface area contributed by atoms with E-state index in [4.69, 9.17) is 4.52 Å². The molecule has 0 fully saturated rings. The number of guanidine groups is 1. The van der Waals surface area contributed by atoms with Gasteiger partial charge in [0.1, 0.15) is 0 Å². The lowest BCUT2D eigenvalue weighted by molar-refractivity contribution is 0.422. The highest BCUT2D eigenvalue weighted by atomic mass is 127. The summed E-state index contributed by atoms with van der Waals surface area (Å²) in [6.45, 7) is 10.9. The number of rotatable bonds is 8. The van der Waals surface area contributed by atoms with Gasteiger partial charge in [0, 0.05) is 25.1 Å². The van der Waals surface area contributed by atoms with Crippen LogP contribution in [0.3, 0.4) is 0 Å². The van der Waals surface area contributed by atoms with Gasteiger partial charge < -0.3 is 15.2 Å². The molecule has 0 amide bonds. The lowest BCUT2D eigenvalue weighted by Gasteiger charge is -2.13. The van der Waals surface area contributed by atoms with Gasteiger partial charge in [-0.3, -0.25) is 0 Å². The van der Waals surface area contributed by atoms with Gasteiger partial charge in [0.15, 0.2) is 11.8 Å². The standard InChI is InChI=1S/C19H29N5O.HI/c1-5-8-17-23-18(25-24-17)16-10-7-9-15(11-16)13-22-19(20-6-2)21-12-14(3)4;/h7,9-11,14H,5-6,8,12-13H2,1-4H3,(H2,20,21,22);1H. The van der Waals surface area contributed by atoms with Gasteiger partial charge in [0.2, 0.25) is 0 Å². The molecule has 26 heavy (non-hydrogen) atoms. The molecule has 0 bridgehead atoms. The van der Waals surface area contributed by atoms with E-state index in [9.17, 15) is 0 Å². The van der Waals surface area contributed by atoms with Crippen molar-refractivity contribution in [2.75, 3.05) is 13.1 Å². The zero-order chi connectivity index (χ0) is 18.1. The molecular weight excluding hydrogens is 441 g/mol. The molecule has 0 aliphatic rings. The van der Waals surface area contributed by atoms with E-state index < -0.39 is 0 Å². The summed E-state index contributed by atoms with van der Waals surface area (Å²) in [5, 5.41) is 10.6. The maximum absolute atomic E-state index is 5.37. The Hall–Kier alpha value is -1.64. The third-order valence-electron chi connectivity index (χ3n) is 3.56. The fourth-order valence-electron chi connectivity index (χ4n) is 2.31. The maximum Gasteiger partial charge on any atom is 0.257 e. The first-order valence-corrected chi connectivity index (χ1v) is 9.06. The molecule has 0 radical (unpaired) electrons. The molecule has 144 valence electrons. The van der Waals surface area contributed by atoms with Gasteiger partial charge >= 0.3 is 0 Å². The largest absolute Gasteiger partial charge is 0.357 e. The predicted octanol–water partition coefficient (Wildman–Crippen LogP) is 4.02. The number of halogens is 1. The number of hydrogen-bond donors (Lipinski definition) is 2. The van der Waals surface area contributed by atoms with Crippen molar-refractivity contribution in [3.63, 3.8) is 0 Å². The van der Waals surface area contributed by atoms with Crippen LogP contribution in [0.2, 0.25) is 0 Å². The summed E-state index contributed by atoms with van der Waals surface area (Å²) < 4.78 is 5.37. The van der Waals surface area contributed by atoms with Crippen molar-refractivity contribution in [3.8, 4) is 11.5 Å². The molecule has 2 rings (SSSR count). The SMILES string of the molecule is CCCc1noc(-c2cccc(CN=C(NCC)NCC(C)C)c2)n1.I. The topological polar surface area (TPSA) is 75.3 Å².